The van der Waals surface area contributed by atoms with Crippen molar-refractivity contribution in [2.24, 2.45) is 0 Å². The Bertz CT molecular complexity index is 1810. The van der Waals surface area contributed by atoms with Gasteiger partial charge in [0.2, 0.25) is 0 Å². The Labute approximate surface area is 239 Å². The number of pyridine rings is 1. The van der Waals surface area contributed by atoms with Crippen molar-refractivity contribution in [3.63, 3.8) is 0 Å². The van der Waals surface area contributed by atoms with E-state index in [9.17, 15) is 14.9 Å². The van der Waals surface area contributed by atoms with E-state index in [4.69, 9.17) is 11.5 Å². The first-order valence-electron chi connectivity index (χ1n) is 12.5. The van der Waals surface area contributed by atoms with Gasteiger partial charge in [0.1, 0.15) is 27.2 Å². The van der Waals surface area contributed by atoms with Crippen LogP contribution in [0.25, 0.3) is 26.7 Å². The number of nitrogen functional groups attached to an aromatic ring is 2. The summed E-state index contributed by atoms with van der Waals surface area (Å²) in [5.41, 5.74) is 16.6. The Balaban J connectivity index is 1.40. The minimum atomic E-state index is -0.444. The summed E-state index contributed by atoms with van der Waals surface area (Å²) < 4.78 is 0. The van der Waals surface area contributed by atoms with Gasteiger partial charge in [-0.3, -0.25) is 9.59 Å². The standard InChI is InChI=1S/C31H25N5O2S2/c1-17(2)19-11-8-18(9-12-19)10-13-23(37)20-5-3-6-21(15-20)35-30(38)28-27(33)26-25(24-7-4-14-39-24)22(16-32)29(34)36-31(26)40-28/h3-15,17H,33H2,1-2H3,(H2,34,36)(H,35,38). The SMILES string of the molecule is CC(C)c1ccc(C=CC(=O)c2cccc(NC(=O)c3sc4nc(N)c(C#N)c(-c5cccs5)c4c3N)c2)cc1. The van der Waals surface area contributed by atoms with Crippen LogP contribution in [0.3, 0.4) is 0 Å². The number of ketones is 1. The summed E-state index contributed by atoms with van der Waals surface area (Å²) >= 11 is 2.55. The molecule has 5 N–H and O–H groups in total. The van der Waals surface area contributed by atoms with Crippen LogP contribution in [0.2, 0.25) is 0 Å². The van der Waals surface area contributed by atoms with Crippen molar-refractivity contribution >= 4 is 67.8 Å². The van der Waals surface area contributed by atoms with E-state index < -0.39 is 5.91 Å². The van der Waals surface area contributed by atoms with Crippen LogP contribution in [-0.2, 0) is 0 Å². The fraction of sp³-hybridized carbons (Fsp3) is 0.0968. The van der Waals surface area contributed by atoms with Crippen molar-refractivity contribution in [1.82, 2.24) is 4.98 Å². The van der Waals surface area contributed by atoms with Gasteiger partial charge in [0, 0.05) is 27.1 Å². The second-order valence-corrected chi connectivity index (χ2v) is 11.4. The number of allylic oxidation sites excluding steroid dienone is 1. The van der Waals surface area contributed by atoms with Gasteiger partial charge in [0.25, 0.3) is 5.91 Å². The number of fused-ring (bicyclic) bond motifs is 1. The van der Waals surface area contributed by atoms with Gasteiger partial charge >= 0.3 is 0 Å². The fourth-order valence-corrected chi connectivity index (χ4v) is 6.11. The molecule has 5 aromatic rings. The Kier molecular flexibility index (Phi) is 7.47. The van der Waals surface area contributed by atoms with Gasteiger partial charge in [-0.25, -0.2) is 4.98 Å². The normalized spacial score (nSPS) is 11.2. The second kappa shape index (κ2) is 11.1. The quantitative estimate of drug-likeness (QED) is 0.140. The number of benzene rings is 2. The van der Waals surface area contributed by atoms with Crippen LogP contribution in [0, 0.1) is 11.3 Å². The third kappa shape index (κ3) is 5.23. The molecule has 9 heteroatoms. The molecule has 0 aliphatic rings. The van der Waals surface area contributed by atoms with Crippen LogP contribution in [0.4, 0.5) is 17.2 Å². The van der Waals surface area contributed by atoms with Crippen LogP contribution in [-0.4, -0.2) is 16.7 Å². The highest BCUT2D eigenvalue weighted by atomic mass is 32.1. The molecule has 0 aliphatic carbocycles. The Morgan fingerprint density at radius 2 is 1.85 bits per heavy atom. The average Bonchev–Trinajstić information content (AvgIpc) is 3.59. The van der Waals surface area contributed by atoms with Crippen molar-refractivity contribution in [3.8, 4) is 16.5 Å². The fourth-order valence-electron chi connectivity index (χ4n) is 4.32. The highest BCUT2D eigenvalue weighted by Gasteiger charge is 2.25. The number of hydrogen-bond donors (Lipinski definition) is 3. The monoisotopic (exact) mass is 563 g/mol. The first kappa shape index (κ1) is 26.8. The zero-order valence-electron chi connectivity index (χ0n) is 21.8. The Hall–Kier alpha value is -4.78. The maximum atomic E-state index is 13.3. The number of nitrogens with two attached hydrogens (primary N) is 2. The molecule has 7 nitrogen and oxygen atoms in total. The van der Waals surface area contributed by atoms with E-state index in [1.807, 2.05) is 29.6 Å². The molecule has 1 amide bonds. The third-order valence-electron chi connectivity index (χ3n) is 6.43. The number of nitrogens with one attached hydrogen (secondary N) is 1. The molecule has 2 aromatic carbocycles. The lowest BCUT2D eigenvalue weighted by atomic mass is 10.0. The van der Waals surface area contributed by atoms with Crippen LogP contribution >= 0.6 is 22.7 Å². The van der Waals surface area contributed by atoms with Gasteiger partial charge in [0.15, 0.2) is 5.78 Å². The third-order valence-corrected chi connectivity index (χ3v) is 8.41. The molecule has 0 saturated carbocycles. The minimum absolute atomic E-state index is 0.0849. The number of hydrogen-bond acceptors (Lipinski definition) is 8. The van der Waals surface area contributed by atoms with Gasteiger partial charge in [-0.05, 0) is 46.7 Å². The molecule has 0 radical (unpaired) electrons. The van der Waals surface area contributed by atoms with E-state index in [-0.39, 0.29) is 27.7 Å². The molecule has 0 fully saturated rings. The molecule has 0 aliphatic heterocycles. The first-order chi connectivity index (χ1) is 19.3. The lowest BCUT2D eigenvalue weighted by molar-refractivity contribution is 0.102. The smallest absolute Gasteiger partial charge is 0.267 e. The summed E-state index contributed by atoms with van der Waals surface area (Å²) in [5.74, 6) is -0.107. The highest BCUT2D eigenvalue weighted by molar-refractivity contribution is 7.21. The van der Waals surface area contributed by atoms with E-state index in [0.29, 0.717) is 32.9 Å². The van der Waals surface area contributed by atoms with Gasteiger partial charge < -0.3 is 16.8 Å². The largest absolute Gasteiger partial charge is 0.397 e. The van der Waals surface area contributed by atoms with Gasteiger partial charge in [-0.15, -0.1) is 22.7 Å². The van der Waals surface area contributed by atoms with E-state index in [1.54, 1.807) is 30.3 Å². The van der Waals surface area contributed by atoms with Crippen LogP contribution in [0.5, 0.6) is 0 Å². The number of thiophene rings is 2. The number of amides is 1. The van der Waals surface area contributed by atoms with E-state index in [2.05, 4.69) is 42.4 Å². The molecule has 0 saturated heterocycles. The molecule has 0 spiro atoms. The molecule has 3 heterocycles. The molecule has 3 aromatic heterocycles. The predicted octanol–water partition coefficient (Wildman–Crippen LogP) is 7.33. The molecule has 5 rings (SSSR count). The highest BCUT2D eigenvalue weighted by Crippen LogP contribution is 2.44. The molecular weight excluding hydrogens is 539 g/mol. The van der Waals surface area contributed by atoms with Gasteiger partial charge in [-0.1, -0.05) is 62.4 Å². The molecule has 40 heavy (non-hydrogen) atoms. The maximum Gasteiger partial charge on any atom is 0.267 e. The van der Waals surface area contributed by atoms with E-state index in [0.717, 1.165) is 21.8 Å². The van der Waals surface area contributed by atoms with Crippen molar-refractivity contribution in [3.05, 3.63) is 99.3 Å². The minimum Gasteiger partial charge on any atom is -0.397 e. The lowest BCUT2D eigenvalue weighted by Gasteiger charge is -2.08. The molecule has 198 valence electrons. The number of nitriles is 1. The predicted molar refractivity (Wildman–Crippen MR) is 165 cm³/mol. The van der Waals surface area contributed by atoms with Crippen LogP contribution in [0.1, 0.15) is 56.5 Å². The number of carbonyl (C=O) groups excluding carboxylic acids is 2. The van der Waals surface area contributed by atoms with Crippen molar-refractivity contribution in [2.75, 3.05) is 16.8 Å². The number of rotatable bonds is 7. The zero-order valence-corrected chi connectivity index (χ0v) is 23.4. The summed E-state index contributed by atoms with van der Waals surface area (Å²) in [7, 11) is 0. The number of carbonyl (C=O) groups is 2. The van der Waals surface area contributed by atoms with E-state index in [1.165, 1.54) is 23.0 Å². The summed E-state index contributed by atoms with van der Waals surface area (Å²) in [6.45, 7) is 4.27. The number of anilines is 3. The van der Waals surface area contributed by atoms with Gasteiger partial charge in [-0.2, -0.15) is 5.26 Å². The molecular formula is C31H25N5O2S2. The lowest BCUT2D eigenvalue weighted by Crippen LogP contribution is -2.12. The van der Waals surface area contributed by atoms with Crippen molar-refractivity contribution < 1.29 is 9.59 Å². The second-order valence-electron chi connectivity index (χ2n) is 9.42. The Morgan fingerprint density at radius 1 is 1.07 bits per heavy atom. The van der Waals surface area contributed by atoms with Crippen molar-refractivity contribution in [1.29, 1.82) is 5.26 Å². The van der Waals surface area contributed by atoms with Crippen molar-refractivity contribution in [2.45, 2.75) is 19.8 Å². The van der Waals surface area contributed by atoms with E-state index >= 15 is 0 Å². The van der Waals surface area contributed by atoms with Gasteiger partial charge in [0.05, 0.1) is 5.69 Å². The topological polar surface area (TPSA) is 135 Å². The first-order valence-corrected chi connectivity index (χ1v) is 14.2. The Morgan fingerprint density at radius 3 is 2.52 bits per heavy atom. The van der Waals surface area contributed by atoms with Crippen LogP contribution in [0.15, 0.2) is 72.1 Å². The number of nitrogens with zero attached hydrogens (tertiary/aromatic N) is 2. The average molecular weight is 564 g/mol. The van der Waals surface area contributed by atoms with Crippen LogP contribution < -0.4 is 16.8 Å². The summed E-state index contributed by atoms with van der Waals surface area (Å²) in [4.78, 5) is 32.0. The summed E-state index contributed by atoms with van der Waals surface area (Å²) in [5, 5.41) is 15.0. The zero-order chi connectivity index (χ0) is 28.4. The molecule has 0 atom stereocenters. The molecule has 0 unspecified atom stereocenters. The maximum absolute atomic E-state index is 13.3. The number of aromatic nitrogens is 1. The summed E-state index contributed by atoms with van der Waals surface area (Å²) in [6, 6.07) is 20.7. The summed E-state index contributed by atoms with van der Waals surface area (Å²) in [6.07, 6.45) is 3.29. The molecule has 0 bridgehead atoms.